The highest BCUT2D eigenvalue weighted by atomic mass is 19.1. The third-order valence-corrected chi connectivity index (χ3v) is 2.40. The molecule has 0 fully saturated rings. The van der Waals surface area contributed by atoms with Crippen LogP contribution in [0.15, 0.2) is 24.5 Å². The molecule has 0 amide bonds. The summed E-state index contributed by atoms with van der Waals surface area (Å²) < 4.78 is 14.4. The van der Waals surface area contributed by atoms with Gasteiger partial charge in [0.1, 0.15) is 18.8 Å². The number of hydrogen-bond donors (Lipinski definition) is 1. The molecular weight excluding hydrogens is 243 g/mol. The first kappa shape index (κ1) is 12.1. The molecule has 1 N–H and O–H groups in total. The van der Waals surface area contributed by atoms with Crippen LogP contribution in [-0.2, 0) is 13.2 Å². The molecule has 0 radical (unpaired) electrons. The van der Waals surface area contributed by atoms with E-state index in [-0.39, 0.29) is 30.2 Å². The molecule has 94 valence electrons. The number of nitro groups is 1. The van der Waals surface area contributed by atoms with Crippen LogP contribution >= 0.6 is 0 Å². The molecule has 0 saturated heterocycles. The summed E-state index contributed by atoms with van der Waals surface area (Å²) in [5.41, 5.74) is -0.0315. The summed E-state index contributed by atoms with van der Waals surface area (Å²) >= 11 is 0. The van der Waals surface area contributed by atoms with Crippen molar-refractivity contribution in [2.75, 3.05) is 0 Å². The average molecular weight is 252 g/mol. The number of nitro benzene ring substituents is 1. The van der Waals surface area contributed by atoms with Gasteiger partial charge in [0.2, 0.25) is 0 Å². The molecule has 0 aliphatic heterocycles. The summed E-state index contributed by atoms with van der Waals surface area (Å²) in [6.07, 6.45) is 1.22. The molecule has 2 rings (SSSR count). The highest BCUT2D eigenvalue weighted by molar-refractivity contribution is 5.40. The lowest BCUT2D eigenvalue weighted by molar-refractivity contribution is -0.385. The molecule has 7 nitrogen and oxygen atoms in total. The SMILES string of the molecule is O=[N+]([O-])c1ccc(F)cc1Cn1ncnc1CO. The molecule has 18 heavy (non-hydrogen) atoms. The Morgan fingerprint density at radius 2 is 2.28 bits per heavy atom. The maximum Gasteiger partial charge on any atom is 0.274 e. The molecular formula is C10H9FN4O3. The van der Waals surface area contributed by atoms with Gasteiger partial charge in [-0.25, -0.2) is 14.1 Å². The second kappa shape index (κ2) is 4.88. The minimum absolute atomic E-state index is 0.0238. The van der Waals surface area contributed by atoms with Crippen molar-refractivity contribution in [1.82, 2.24) is 14.8 Å². The van der Waals surface area contributed by atoms with E-state index in [1.165, 1.54) is 11.0 Å². The van der Waals surface area contributed by atoms with Gasteiger partial charge in [0.05, 0.1) is 17.0 Å². The topological polar surface area (TPSA) is 94.1 Å². The second-order valence-electron chi connectivity index (χ2n) is 3.52. The van der Waals surface area contributed by atoms with Crippen molar-refractivity contribution < 1.29 is 14.4 Å². The predicted octanol–water partition coefficient (Wildman–Crippen LogP) is 0.866. The maximum absolute atomic E-state index is 13.1. The van der Waals surface area contributed by atoms with Gasteiger partial charge in [0.15, 0.2) is 5.82 Å². The zero-order valence-electron chi connectivity index (χ0n) is 9.15. The van der Waals surface area contributed by atoms with Gasteiger partial charge in [0, 0.05) is 6.07 Å². The van der Waals surface area contributed by atoms with Crippen LogP contribution in [0, 0.1) is 15.9 Å². The van der Waals surface area contributed by atoms with Crippen LogP contribution in [-0.4, -0.2) is 24.8 Å². The van der Waals surface area contributed by atoms with E-state index in [0.717, 1.165) is 18.2 Å². The van der Waals surface area contributed by atoms with E-state index in [4.69, 9.17) is 5.11 Å². The van der Waals surface area contributed by atoms with Gasteiger partial charge in [-0.15, -0.1) is 0 Å². The van der Waals surface area contributed by atoms with E-state index in [1.807, 2.05) is 0 Å². The van der Waals surface area contributed by atoms with Gasteiger partial charge in [-0.05, 0) is 12.1 Å². The van der Waals surface area contributed by atoms with Crippen molar-refractivity contribution >= 4 is 5.69 Å². The Kier molecular flexibility index (Phi) is 3.28. The van der Waals surface area contributed by atoms with Gasteiger partial charge in [-0.2, -0.15) is 5.10 Å². The van der Waals surface area contributed by atoms with Crippen LogP contribution in [0.4, 0.5) is 10.1 Å². The van der Waals surface area contributed by atoms with Gasteiger partial charge in [-0.3, -0.25) is 10.1 Å². The molecule has 1 heterocycles. The lowest BCUT2D eigenvalue weighted by Crippen LogP contribution is -2.09. The van der Waals surface area contributed by atoms with Crippen LogP contribution in [0.1, 0.15) is 11.4 Å². The fourth-order valence-electron chi connectivity index (χ4n) is 1.56. The monoisotopic (exact) mass is 252 g/mol. The van der Waals surface area contributed by atoms with E-state index in [2.05, 4.69) is 10.1 Å². The molecule has 0 atom stereocenters. The zero-order chi connectivity index (χ0) is 13.1. The summed E-state index contributed by atoms with van der Waals surface area (Å²) in [5.74, 6) is -0.310. The lowest BCUT2D eigenvalue weighted by Gasteiger charge is -2.05. The second-order valence-corrected chi connectivity index (χ2v) is 3.52. The Bertz CT molecular complexity index is 584. The van der Waals surface area contributed by atoms with Gasteiger partial charge >= 0.3 is 0 Å². The Balaban J connectivity index is 2.39. The summed E-state index contributed by atoms with van der Waals surface area (Å²) in [6.45, 7) is -0.368. The number of rotatable bonds is 4. The minimum Gasteiger partial charge on any atom is -0.388 e. The number of nitrogens with zero attached hydrogens (tertiary/aromatic N) is 4. The number of aliphatic hydroxyl groups excluding tert-OH is 1. The molecule has 2 aromatic rings. The summed E-state index contributed by atoms with van der Waals surface area (Å²) in [7, 11) is 0. The number of aliphatic hydroxyl groups is 1. The first-order chi connectivity index (χ1) is 8.61. The van der Waals surface area contributed by atoms with Crippen molar-refractivity contribution in [2.24, 2.45) is 0 Å². The Morgan fingerprint density at radius 1 is 1.50 bits per heavy atom. The van der Waals surface area contributed by atoms with E-state index >= 15 is 0 Å². The van der Waals surface area contributed by atoms with Crippen molar-refractivity contribution in [2.45, 2.75) is 13.2 Å². The smallest absolute Gasteiger partial charge is 0.274 e. The molecule has 8 heteroatoms. The number of aromatic nitrogens is 3. The van der Waals surface area contributed by atoms with Gasteiger partial charge < -0.3 is 5.11 Å². The third kappa shape index (κ3) is 2.33. The third-order valence-electron chi connectivity index (χ3n) is 2.40. The molecule has 1 aromatic carbocycles. The normalized spacial score (nSPS) is 10.6. The fraction of sp³-hybridized carbons (Fsp3) is 0.200. The van der Waals surface area contributed by atoms with E-state index in [9.17, 15) is 14.5 Å². The average Bonchev–Trinajstić information content (AvgIpc) is 2.76. The molecule has 0 spiro atoms. The van der Waals surface area contributed by atoms with E-state index in [0.29, 0.717) is 0 Å². The summed E-state index contributed by atoms with van der Waals surface area (Å²) in [5, 5.41) is 23.6. The number of hydrogen-bond acceptors (Lipinski definition) is 5. The standard InChI is InChI=1S/C10H9FN4O3/c11-8-1-2-9(15(17)18)7(3-8)4-14-10(5-16)12-6-13-14/h1-3,6,16H,4-5H2. The Labute approximate surface area is 101 Å². The largest absolute Gasteiger partial charge is 0.388 e. The predicted molar refractivity (Wildman–Crippen MR) is 58.1 cm³/mol. The van der Waals surface area contributed by atoms with Crippen LogP contribution in [0.3, 0.4) is 0 Å². The van der Waals surface area contributed by atoms with Crippen LogP contribution < -0.4 is 0 Å². The van der Waals surface area contributed by atoms with Crippen LogP contribution in [0.25, 0.3) is 0 Å². The lowest BCUT2D eigenvalue weighted by atomic mass is 10.1. The first-order valence-electron chi connectivity index (χ1n) is 5.02. The van der Waals surface area contributed by atoms with Crippen molar-refractivity contribution in [3.8, 4) is 0 Å². The summed E-state index contributed by atoms with van der Waals surface area (Å²) in [6, 6.07) is 3.19. The van der Waals surface area contributed by atoms with Crippen LogP contribution in [0.5, 0.6) is 0 Å². The maximum atomic E-state index is 13.1. The minimum atomic E-state index is -0.593. The van der Waals surface area contributed by atoms with Crippen LogP contribution in [0.2, 0.25) is 0 Å². The molecule has 1 aromatic heterocycles. The molecule has 0 unspecified atom stereocenters. The molecule has 0 aliphatic rings. The number of halogens is 1. The molecule has 0 aliphatic carbocycles. The quantitative estimate of drug-likeness (QED) is 0.643. The van der Waals surface area contributed by atoms with E-state index in [1.54, 1.807) is 0 Å². The highest BCUT2D eigenvalue weighted by Crippen LogP contribution is 2.20. The number of benzene rings is 1. The summed E-state index contributed by atoms with van der Waals surface area (Å²) in [4.78, 5) is 14.0. The Morgan fingerprint density at radius 3 is 2.94 bits per heavy atom. The van der Waals surface area contributed by atoms with E-state index < -0.39 is 10.7 Å². The van der Waals surface area contributed by atoms with Crippen molar-refractivity contribution in [3.05, 3.63) is 51.8 Å². The first-order valence-corrected chi connectivity index (χ1v) is 5.02. The van der Waals surface area contributed by atoms with Crippen molar-refractivity contribution in [3.63, 3.8) is 0 Å². The highest BCUT2D eigenvalue weighted by Gasteiger charge is 2.16. The fourth-order valence-corrected chi connectivity index (χ4v) is 1.56. The van der Waals surface area contributed by atoms with Gasteiger partial charge in [-0.1, -0.05) is 0 Å². The van der Waals surface area contributed by atoms with Crippen molar-refractivity contribution in [1.29, 1.82) is 0 Å². The Hall–Kier alpha value is -2.35. The zero-order valence-corrected chi connectivity index (χ0v) is 9.15. The van der Waals surface area contributed by atoms with Gasteiger partial charge in [0.25, 0.3) is 5.69 Å². The molecule has 0 bridgehead atoms. The molecule has 0 saturated carbocycles.